The number of carbonyl (C=O) groups is 1. The molecule has 2 rings (SSSR count). The van der Waals surface area contributed by atoms with Crippen molar-refractivity contribution in [2.45, 2.75) is 19.4 Å². The van der Waals surface area contributed by atoms with Gasteiger partial charge in [-0.1, -0.05) is 6.92 Å². The zero-order chi connectivity index (χ0) is 13.0. The largest absolute Gasteiger partial charge is 0.467 e. The maximum atomic E-state index is 11.7. The molecule has 0 saturated heterocycles. The fourth-order valence-corrected chi connectivity index (χ4v) is 1.52. The van der Waals surface area contributed by atoms with Gasteiger partial charge in [0.05, 0.1) is 19.0 Å². The van der Waals surface area contributed by atoms with E-state index in [0.717, 1.165) is 12.2 Å². The molecule has 0 saturated carbocycles. The molecule has 2 aromatic heterocycles. The van der Waals surface area contributed by atoms with Crippen molar-refractivity contribution in [3.05, 3.63) is 41.9 Å². The molecule has 0 radical (unpaired) electrons. The van der Waals surface area contributed by atoms with Crippen LogP contribution in [0.4, 0.5) is 0 Å². The predicted molar refractivity (Wildman–Crippen MR) is 64.0 cm³/mol. The van der Waals surface area contributed by atoms with E-state index in [1.165, 1.54) is 12.5 Å². The Labute approximate surface area is 104 Å². The van der Waals surface area contributed by atoms with E-state index in [9.17, 15) is 9.90 Å². The van der Waals surface area contributed by atoms with Gasteiger partial charge >= 0.3 is 0 Å². The van der Waals surface area contributed by atoms with Crippen molar-refractivity contribution in [2.24, 2.45) is 0 Å². The van der Waals surface area contributed by atoms with Gasteiger partial charge in [-0.15, -0.1) is 0 Å². The molecule has 0 aliphatic rings. The number of furan rings is 1. The van der Waals surface area contributed by atoms with Crippen molar-refractivity contribution in [1.29, 1.82) is 0 Å². The summed E-state index contributed by atoms with van der Waals surface area (Å²) in [4.78, 5) is 18.7. The molecule has 0 aliphatic carbocycles. The molecule has 96 valence electrons. The third-order valence-electron chi connectivity index (χ3n) is 2.54. The molecule has 6 heteroatoms. The minimum atomic E-state index is -0.850. The van der Waals surface area contributed by atoms with Gasteiger partial charge in [-0.25, -0.2) is 4.98 Å². The predicted octanol–water partition coefficient (Wildman–Crippen LogP) is 1.03. The van der Waals surface area contributed by atoms with Gasteiger partial charge in [0.15, 0.2) is 0 Å². The molecule has 0 spiro atoms. The van der Waals surface area contributed by atoms with Crippen LogP contribution in [-0.4, -0.2) is 27.5 Å². The summed E-state index contributed by atoms with van der Waals surface area (Å²) in [5, 5.41) is 12.3. The van der Waals surface area contributed by atoms with Gasteiger partial charge in [0.25, 0.3) is 5.91 Å². The summed E-state index contributed by atoms with van der Waals surface area (Å²) in [5.74, 6) is 0.883. The van der Waals surface area contributed by atoms with Crippen LogP contribution in [0.2, 0.25) is 0 Å². The molecule has 3 N–H and O–H groups in total. The normalized spacial score (nSPS) is 12.3. The molecule has 0 bridgehead atoms. The Morgan fingerprint density at radius 2 is 2.50 bits per heavy atom. The fraction of sp³-hybridized carbons (Fsp3) is 0.333. The Kier molecular flexibility index (Phi) is 3.78. The lowest BCUT2D eigenvalue weighted by atomic mass is 10.2. The Bertz CT molecular complexity index is 504. The molecule has 6 nitrogen and oxygen atoms in total. The van der Waals surface area contributed by atoms with Crippen LogP contribution in [0.3, 0.4) is 0 Å². The van der Waals surface area contributed by atoms with Crippen LogP contribution in [-0.2, 0) is 6.42 Å². The third kappa shape index (κ3) is 2.78. The number of nitrogens with zero attached hydrogens (tertiary/aromatic N) is 1. The van der Waals surface area contributed by atoms with Crippen LogP contribution >= 0.6 is 0 Å². The van der Waals surface area contributed by atoms with Crippen molar-refractivity contribution < 1.29 is 14.3 Å². The summed E-state index contributed by atoms with van der Waals surface area (Å²) in [6, 6.07) is 3.34. The number of imidazole rings is 1. The molecule has 0 fully saturated rings. The van der Waals surface area contributed by atoms with Gasteiger partial charge in [-0.3, -0.25) is 4.79 Å². The highest BCUT2D eigenvalue weighted by molar-refractivity contribution is 5.92. The number of aromatic nitrogens is 2. The van der Waals surface area contributed by atoms with E-state index < -0.39 is 6.10 Å². The van der Waals surface area contributed by atoms with Crippen LogP contribution in [0.5, 0.6) is 0 Å². The minimum absolute atomic E-state index is 0.0901. The number of rotatable bonds is 5. The molecule has 2 aromatic rings. The Balaban J connectivity index is 1.88. The molecule has 0 aromatic carbocycles. The number of aliphatic hydroxyl groups excluding tert-OH is 1. The second-order valence-electron chi connectivity index (χ2n) is 3.84. The first-order chi connectivity index (χ1) is 8.70. The van der Waals surface area contributed by atoms with Gasteiger partial charge in [0, 0.05) is 6.42 Å². The van der Waals surface area contributed by atoms with Crippen molar-refractivity contribution >= 4 is 5.91 Å². The first-order valence-corrected chi connectivity index (χ1v) is 5.74. The maximum Gasteiger partial charge on any atom is 0.269 e. The lowest BCUT2D eigenvalue weighted by Crippen LogP contribution is -2.28. The summed E-state index contributed by atoms with van der Waals surface area (Å²) in [7, 11) is 0. The van der Waals surface area contributed by atoms with Crippen LogP contribution in [0.1, 0.15) is 35.1 Å². The number of amides is 1. The van der Waals surface area contributed by atoms with Crippen molar-refractivity contribution in [3.8, 4) is 0 Å². The average Bonchev–Trinajstić information content (AvgIpc) is 3.05. The summed E-state index contributed by atoms with van der Waals surface area (Å²) in [5.41, 5.74) is 0.387. The summed E-state index contributed by atoms with van der Waals surface area (Å²) >= 11 is 0. The topological polar surface area (TPSA) is 91.2 Å². The number of aliphatic hydroxyl groups is 1. The summed E-state index contributed by atoms with van der Waals surface area (Å²) in [6.07, 6.45) is 2.84. The summed E-state index contributed by atoms with van der Waals surface area (Å²) < 4.78 is 5.03. The lowest BCUT2D eigenvalue weighted by Gasteiger charge is -2.08. The zero-order valence-corrected chi connectivity index (χ0v) is 10.0. The van der Waals surface area contributed by atoms with E-state index in [2.05, 4.69) is 15.3 Å². The number of carbonyl (C=O) groups excluding carboxylic acids is 1. The van der Waals surface area contributed by atoms with Crippen LogP contribution < -0.4 is 5.32 Å². The van der Waals surface area contributed by atoms with Crippen LogP contribution in [0.25, 0.3) is 0 Å². The minimum Gasteiger partial charge on any atom is -0.467 e. The standard InChI is InChI=1S/C12H15N3O3/c1-2-11-13-6-8(15-11)12(17)14-7-9(16)10-4-3-5-18-10/h3-6,9,16H,2,7H2,1H3,(H,13,15)(H,14,17). The smallest absolute Gasteiger partial charge is 0.269 e. The highest BCUT2D eigenvalue weighted by atomic mass is 16.4. The highest BCUT2D eigenvalue weighted by Gasteiger charge is 2.14. The molecular weight excluding hydrogens is 234 g/mol. The van der Waals surface area contributed by atoms with Gasteiger partial charge in [-0.2, -0.15) is 0 Å². The number of nitrogens with one attached hydrogen (secondary N) is 2. The Morgan fingerprint density at radius 1 is 1.67 bits per heavy atom. The maximum absolute atomic E-state index is 11.7. The second kappa shape index (κ2) is 5.50. The van der Waals surface area contributed by atoms with Gasteiger partial charge in [0.1, 0.15) is 23.4 Å². The van der Waals surface area contributed by atoms with E-state index in [1.54, 1.807) is 12.1 Å². The van der Waals surface area contributed by atoms with Crippen molar-refractivity contribution in [2.75, 3.05) is 6.54 Å². The van der Waals surface area contributed by atoms with Crippen LogP contribution in [0.15, 0.2) is 29.0 Å². The van der Waals surface area contributed by atoms with E-state index in [-0.39, 0.29) is 12.5 Å². The monoisotopic (exact) mass is 249 g/mol. The van der Waals surface area contributed by atoms with E-state index in [1.807, 2.05) is 6.92 Å². The van der Waals surface area contributed by atoms with Crippen LogP contribution in [0, 0.1) is 0 Å². The lowest BCUT2D eigenvalue weighted by molar-refractivity contribution is 0.0896. The summed E-state index contributed by atoms with van der Waals surface area (Å²) in [6.45, 7) is 2.04. The average molecular weight is 249 g/mol. The molecule has 0 aliphatic heterocycles. The zero-order valence-electron chi connectivity index (χ0n) is 10.0. The first-order valence-electron chi connectivity index (χ1n) is 5.74. The third-order valence-corrected chi connectivity index (χ3v) is 2.54. The van der Waals surface area contributed by atoms with Gasteiger partial charge in [0.2, 0.25) is 0 Å². The van der Waals surface area contributed by atoms with Gasteiger partial charge < -0.3 is 19.8 Å². The number of aromatic amines is 1. The Hall–Kier alpha value is -2.08. The first kappa shape index (κ1) is 12.4. The molecule has 1 atom stereocenters. The van der Waals surface area contributed by atoms with E-state index >= 15 is 0 Å². The van der Waals surface area contributed by atoms with Crippen molar-refractivity contribution in [3.63, 3.8) is 0 Å². The van der Waals surface area contributed by atoms with E-state index in [0.29, 0.717) is 11.5 Å². The number of H-pyrrole nitrogens is 1. The number of aryl methyl sites for hydroxylation is 1. The molecule has 1 unspecified atom stereocenters. The number of hydrogen-bond acceptors (Lipinski definition) is 4. The van der Waals surface area contributed by atoms with Crippen molar-refractivity contribution in [1.82, 2.24) is 15.3 Å². The molecular formula is C12H15N3O3. The number of hydrogen-bond donors (Lipinski definition) is 3. The van der Waals surface area contributed by atoms with E-state index in [4.69, 9.17) is 4.42 Å². The molecule has 18 heavy (non-hydrogen) atoms. The molecule has 1 amide bonds. The second-order valence-corrected chi connectivity index (χ2v) is 3.84. The highest BCUT2D eigenvalue weighted by Crippen LogP contribution is 2.11. The Morgan fingerprint density at radius 3 is 3.11 bits per heavy atom. The SMILES string of the molecule is CCc1ncc(C(=O)NCC(O)c2ccco2)[nH]1. The quantitative estimate of drug-likeness (QED) is 0.738. The molecule has 2 heterocycles. The fourth-order valence-electron chi connectivity index (χ4n) is 1.52. The van der Waals surface area contributed by atoms with Gasteiger partial charge in [-0.05, 0) is 12.1 Å².